The van der Waals surface area contributed by atoms with Crippen molar-refractivity contribution in [1.82, 2.24) is 0 Å². The monoisotopic (exact) mass is 250 g/mol. The van der Waals surface area contributed by atoms with Gasteiger partial charge in [-0.2, -0.15) is 0 Å². The molecular formula is C16H26O2. The highest BCUT2D eigenvalue weighted by atomic mass is 16.3. The molecule has 0 spiro atoms. The summed E-state index contributed by atoms with van der Waals surface area (Å²) in [5.74, 6) is 0. The maximum absolute atomic E-state index is 9.82. The Balaban J connectivity index is 2.70. The molecule has 1 aromatic rings. The smallest absolute Gasteiger partial charge is 0.0802 e. The highest BCUT2D eigenvalue weighted by molar-refractivity contribution is 5.32. The SMILES string of the molecule is CCc1ccc(CC)c(CCC(O)C(O)CC)c1. The van der Waals surface area contributed by atoms with Crippen LogP contribution in [0.5, 0.6) is 0 Å². The first-order chi connectivity index (χ1) is 8.62. The molecule has 1 rings (SSSR count). The maximum atomic E-state index is 9.82. The molecule has 1 aromatic carbocycles. The van der Waals surface area contributed by atoms with Crippen LogP contribution in [0.1, 0.15) is 50.3 Å². The zero-order chi connectivity index (χ0) is 13.5. The van der Waals surface area contributed by atoms with E-state index in [1.807, 2.05) is 6.92 Å². The van der Waals surface area contributed by atoms with Gasteiger partial charge in [-0.05, 0) is 48.8 Å². The summed E-state index contributed by atoms with van der Waals surface area (Å²) in [5.41, 5.74) is 4.01. The quantitative estimate of drug-likeness (QED) is 0.781. The van der Waals surface area contributed by atoms with Crippen LogP contribution >= 0.6 is 0 Å². The van der Waals surface area contributed by atoms with Crippen LogP contribution in [0.2, 0.25) is 0 Å². The molecule has 0 saturated carbocycles. The van der Waals surface area contributed by atoms with Gasteiger partial charge < -0.3 is 10.2 Å². The number of aliphatic hydroxyl groups is 2. The molecule has 0 heterocycles. The number of hydrogen-bond acceptors (Lipinski definition) is 2. The van der Waals surface area contributed by atoms with E-state index in [4.69, 9.17) is 0 Å². The van der Waals surface area contributed by atoms with Gasteiger partial charge in [0.1, 0.15) is 0 Å². The number of hydrogen-bond donors (Lipinski definition) is 2. The molecule has 0 amide bonds. The van der Waals surface area contributed by atoms with E-state index in [-0.39, 0.29) is 0 Å². The maximum Gasteiger partial charge on any atom is 0.0802 e. The van der Waals surface area contributed by atoms with Crippen LogP contribution < -0.4 is 0 Å². The van der Waals surface area contributed by atoms with Crippen molar-refractivity contribution in [2.45, 2.75) is 65.1 Å². The third kappa shape index (κ3) is 4.11. The summed E-state index contributed by atoms with van der Waals surface area (Å²) >= 11 is 0. The summed E-state index contributed by atoms with van der Waals surface area (Å²) in [7, 11) is 0. The van der Waals surface area contributed by atoms with Crippen molar-refractivity contribution in [2.24, 2.45) is 0 Å². The Morgan fingerprint density at radius 1 is 0.944 bits per heavy atom. The first kappa shape index (κ1) is 15.2. The molecule has 0 aliphatic carbocycles. The first-order valence-electron chi connectivity index (χ1n) is 7.09. The van der Waals surface area contributed by atoms with Crippen molar-refractivity contribution >= 4 is 0 Å². The van der Waals surface area contributed by atoms with Gasteiger partial charge in [0.15, 0.2) is 0 Å². The second-order valence-electron chi connectivity index (χ2n) is 4.89. The Morgan fingerprint density at radius 3 is 2.22 bits per heavy atom. The lowest BCUT2D eigenvalue weighted by Gasteiger charge is -2.17. The molecule has 2 heteroatoms. The lowest BCUT2D eigenvalue weighted by atomic mass is 9.95. The van der Waals surface area contributed by atoms with E-state index in [0.29, 0.717) is 12.8 Å². The summed E-state index contributed by atoms with van der Waals surface area (Å²) in [5, 5.41) is 19.4. The second-order valence-corrected chi connectivity index (χ2v) is 4.89. The summed E-state index contributed by atoms with van der Waals surface area (Å²) < 4.78 is 0. The van der Waals surface area contributed by atoms with E-state index >= 15 is 0 Å². The largest absolute Gasteiger partial charge is 0.390 e. The van der Waals surface area contributed by atoms with Crippen molar-refractivity contribution in [3.63, 3.8) is 0 Å². The van der Waals surface area contributed by atoms with Crippen LogP contribution in [0.4, 0.5) is 0 Å². The Morgan fingerprint density at radius 2 is 1.67 bits per heavy atom. The van der Waals surface area contributed by atoms with Crippen LogP contribution in [0.15, 0.2) is 18.2 Å². The van der Waals surface area contributed by atoms with Gasteiger partial charge in [-0.25, -0.2) is 0 Å². The topological polar surface area (TPSA) is 40.5 Å². The minimum atomic E-state index is -0.606. The number of rotatable bonds is 7. The average molecular weight is 250 g/mol. The van der Waals surface area contributed by atoms with E-state index in [1.165, 1.54) is 16.7 Å². The van der Waals surface area contributed by atoms with Crippen LogP contribution in [-0.2, 0) is 19.3 Å². The Kier molecular flexibility index (Phi) is 6.37. The van der Waals surface area contributed by atoms with Gasteiger partial charge >= 0.3 is 0 Å². The lowest BCUT2D eigenvalue weighted by molar-refractivity contribution is 0.0130. The highest BCUT2D eigenvalue weighted by Crippen LogP contribution is 2.17. The molecule has 2 atom stereocenters. The highest BCUT2D eigenvalue weighted by Gasteiger charge is 2.14. The molecule has 18 heavy (non-hydrogen) atoms. The summed E-state index contributed by atoms with van der Waals surface area (Å²) in [6.07, 6.45) is 2.94. The molecule has 2 unspecified atom stereocenters. The third-order valence-electron chi connectivity index (χ3n) is 3.63. The summed E-state index contributed by atoms with van der Waals surface area (Å²) in [6.45, 7) is 6.20. The fourth-order valence-corrected chi connectivity index (χ4v) is 2.24. The van der Waals surface area contributed by atoms with E-state index in [0.717, 1.165) is 19.3 Å². The zero-order valence-corrected chi connectivity index (χ0v) is 11.8. The van der Waals surface area contributed by atoms with Crippen LogP contribution in [0, 0.1) is 0 Å². The predicted octanol–water partition coefficient (Wildman–Crippen LogP) is 2.88. The van der Waals surface area contributed by atoms with Crippen molar-refractivity contribution in [3.05, 3.63) is 34.9 Å². The standard InChI is InChI=1S/C16H26O2/c1-4-12-7-8-13(5-2)14(11-12)9-10-16(18)15(17)6-3/h7-8,11,15-18H,4-6,9-10H2,1-3H3. The van der Waals surface area contributed by atoms with Gasteiger partial charge in [0.05, 0.1) is 12.2 Å². The second kappa shape index (κ2) is 7.55. The minimum absolute atomic E-state index is 0.593. The molecule has 0 radical (unpaired) electrons. The Hall–Kier alpha value is -0.860. The Labute approximate surface area is 111 Å². The van der Waals surface area contributed by atoms with E-state index in [1.54, 1.807) is 0 Å². The molecule has 102 valence electrons. The molecule has 0 aromatic heterocycles. The molecular weight excluding hydrogens is 224 g/mol. The summed E-state index contributed by atoms with van der Waals surface area (Å²) in [6, 6.07) is 6.61. The molecule has 2 nitrogen and oxygen atoms in total. The van der Waals surface area contributed by atoms with Gasteiger partial charge in [-0.15, -0.1) is 0 Å². The predicted molar refractivity (Wildman–Crippen MR) is 75.8 cm³/mol. The Bertz CT molecular complexity index is 360. The van der Waals surface area contributed by atoms with Crippen LogP contribution in [0.25, 0.3) is 0 Å². The number of aliphatic hydroxyl groups excluding tert-OH is 2. The van der Waals surface area contributed by atoms with Gasteiger partial charge in [0, 0.05) is 0 Å². The summed E-state index contributed by atoms with van der Waals surface area (Å²) in [4.78, 5) is 0. The molecule has 0 aliphatic heterocycles. The van der Waals surface area contributed by atoms with Crippen molar-refractivity contribution in [1.29, 1.82) is 0 Å². The van der Waals surface area contributed by atoms with E-state index in [9.17, 15) is 10.2 Å². The normalized spacial score (nSPS) is 14.5. The van der Waals surface area contributed by atoms with Gasteiger partial charge in [-0.1, -0.05) is 39.0 Å². The fourth-order valence-electron chi connectivity index (χ4n) is 2.24. The van der Waals surface area contributed by atoms with Crippen molar-refractivity contribution < 1.29 is 10.2 Å². The van der Waals surface area contributed by atoms with Gasteiger partial charge in [0.2, 0.25) is 0 Å². The average Bonchev–Trinajstić information content (AvgIpc) is 2.43. The van der Waals surface area contributed by atoms with Crippen LogP contribution in [-0.4, -0.2) is 22.4 Å². The lowest BCUT2D eigenvalue weighted by Crippen LogP contribution is -2.25. The van der Waals surface area contributed by atoms with Crippen LogP contribution in [0.3, 0.4) is 0 Å². The molecule has 0 bridgehead atoms. The van der Waals surface area contributed by atoms with Gasteiger partial charge in [-0.3, -0.25) is 0 Å². The molecule has 0 aliphatic rings. The zero-order valence-electron chi connectivity index (χ0n) is 11.8. The van der Waals surface area contributed by atoms with E-state index < -0.39 is 12.2 Å². The molecule has 0 saturated heterocycles. The first-order valence-corrected chi connectivity index (χ1v) is 7.09. The third-order valence-corrected chi connectivity index (χ3v) is 3.63. The number of aryl methyl sites for hydroxylation is 3. The molecule has 2 N–H and O–H groups in total. The van der Waals surface area contributed by atoms with E-state index in [2.05, 4.69) is 32.0 Å². The van der Waals surface area contributed by atoms with Gasteiger partial charge in [0.25, 0.3) is 0 Å². The minimum Gasteiger partial charge on any atom is -0.390 e. The van der Waals surface area contributed by atoms with Crippen molar-refractivity contribution in [3.8, 4) is 0 Å². The molecule has 0 fully saturated rings. The van der Waals surface area contributed by atoms with Crippen molar-refractivity contribution in [2.75, 3.05) is 0 Å². The fraction of sp³-hybridized carbons (Fsp3) is 0.625. The number of benzene rings is 1.